The maximum Gasteiger partial charge on any atom is 0.151 e. The molecule has 1 aromatic heterocycles. The van der Waals surface area contributed by atoms with E-state index in [9.17, 15) is 4.79 Å². The fourth-order valence-electron chi connectivity index (χ4n) is 2.10. The summed E-state index contributed by atoms with van der Waals surface area (Å²) < 4.78 is 0. The summed E-state index contributed by atoms with van der Waals surface area (Å²) >= 11 is 1.75. The summed E-state index contributed by atoms with van der Waals surface area (Å²) in [5.74, 6) is 0.137. The lowest BCUT2D eigenvalue weighted by Crippen LogP contribution is -2.23. The Morgan fingerprint density at radius 2 is 1.89 bits per heavy atom. The zero-order valence-corrected chi connectivity index (χ0v) is 11.7. The second-order valence-corrected chi connectivity index (χ2v) is 5.30. The van der Waals surface area contributed by atoms with Crippen molar-refractivity contribution in [1.82, 2.24) is 5.32 Å². The lowest BCUT2D eigenvalue weighted by molar-refractivity contribution is -0.119. The van der Waals surface area contributed by atoms with Crippen molar-refractivity contribution in [3.8, 4) is 10.4 Å². The molecule has 94 valence electrons. The lowest BCUT2D eigenvalue weighted by atomic mass is 10.0. The van der Waals surface area contributed by atoms with Crippen molar-refractivity contribution in [2.24, 2.45) is 0 Å². The van der Waals surface area contributed by atoms with Crippen molar-refractivity contribution in [2.45, 2.75) is 19.9 Å². The summed E-state index contributed by atoms with van der Waals surface area (Å²) in [7, 11) is 1.81. The maximum atomic E-state index is 11.5. The van der Waals surface area contributed by atoms with Gasteiger partial charge in [-0.3, -0.25) is 4.79 Å². The average molecular weight is 259 g/mol. The van der Waals surface area contributed by atoms with Crippen molar-refractivity contribution in [2.75, 3.05) is 7.05 Å². The molecule has 2 rings (SSSR count). The molecule has 0 bridgehead atoms. The molecule has 1 N–H and O–H groups in total. The third-order valence-corrected chi connectivity index (χ3v) is 4.13. The molecule has 0 spiro atoms. The highest BCUT2D eigenvalue weighted by Crippen LogP contribution is 2.29. The Hall–Kier alpha value is -1.45. The van der Waals surface area contributed by atoms with Gasteiger partial charge in [0.1, 0.15) is 0 Å². The van der Waals surface area contributed by atoms with E-state index in [1.165, 1.54) is 16.0 Å². The second-order valence-electron chi connectivity index (χ2n) is 4.39. The summed E-state index contributed by atoms with van der Waals surface area (Å²) in [4.78, 5) is 12.8. The molecule has 0 fully saturated rings. The Kier molecular flexibility index (Phi) is 3.94. The molecule has 0 aliphatic carbocycles. The van der Waals surface area contributed by atoms with Crippen molar-refractivity contribution in [3.63, 3.8) is 0 Å². The molecular weight excluding hydrogens is 242 g/mol. The first kappa shape index (κ1) is 13.0. The zero-order chi connectivity index (χ0) is 13.1. The highest BCUT2D eigenvalue weighted by atomic mass is 32.1. The Bertz CT molecular complexity index is 542. The van der Waals surface area contributed by atoms with E-state index >= 15 is 0 Å². The molecule has 3 heteroatoms. The molecule has 18 heavy (non-hydrogen) atoms. The Balaban J connectivity index is 2.31. The summed E-state index contributed by atoms with van der Waals surface area (Å²) in [6.07, 6.45) is 0. The fourth-order valence-corrected chi connectivity index (χ4v) is 3.03. The van der Waals surface area contributed by atoms with Crippen molar-refractivity contribution in [1.29, 1.82) is 0 Å². The number of thiophene rings is 1. The topological polar surface area (TPSA) is 29.1 Å². The van der Waals surface area contributed by atoms with Gasteiger partial charge >= 0.3 is 0 Å². The first-order valence-corrected chi connectivity index (χ1v) is 6.83. The number of hydrogen-bond acceptors (Lipinski definition) is 3. The largest absolute Gasteiger partial charge is 0.307 e. The molecule has 2 aromatic rings. The monoisotopic (exact) mass is 259 g/mol. The van der Waals surface area contributed by atoms with Gasteiger partial charge in [-0.2, -0.15) is 0 Å². The second kappa shape index (κ2) is 5.46. The number of hydrogen-bond donors (Lipinski definition) is 1. The number of carbonyl (C=O) groups excluding carboxylic acids is 1. The van der Waals surface area contributed by atoms with Crippen molar-refractivity contribution < 1.29 is 4.79 Å². The highest BCUT2D eigenvalue weighted by Gasteiger charge is 2.14. The van der Waals surface area contributed by atoms with Crippen molar-refractivity contribution >= 4 is 17.1 Å². The van der Waals surface area contributed by atoms with Gasteiger partial charge in [-0.15, -0.1) is 11.3 Å². The van der Waals surface area contributed by atoms with Gasteiger partial charge in [0, 0.05) is 4.88 Å². The normalized spacial score (nSPS) is 12.4. The molecule has 1 atom stereocenters. The van der Waals surface area contributed by atoms with Gasteiger partial charge in [-0.1, -0.05) is 24.3 Å². The predicted molar refractivity (Wildman–Crippen MR) is 77.0 cm³/mol. The van der Waals surface area contributed by atoms with Crippen LogP contribution < -0.4 is 5.32 Å². The molecule has 1 aromatic carbocycles. The third kappa shape index (κ3) is 2.52. The van der Waals surface area contributed by atoms with Crippen LogP contribution in [0.4, 0.5) is 0 Å². The van der Waals surface area contributed by atoms with Gasteiger partial charge in [0.25, 0.3) is 0 Å². The highest BCUT2D eigenvalue weighted by molar-refractivity contribution is 7.13. The maximum absolute atomic E-state index is 11.5. The molecule has 0 aliphatic rings. The lowest BCUT2D eigenvalue weighted by Gasteiger charge is -2.13. The van der Waals surface area contributed by atoms with Crippen LogP contribution in [-0.2, 0) is 4.79 Å². The number of ketones is 1. The molecule has 0 saturated heterocycles. The van der Waals surface area contributed by atoms with Crippen LogP contribution in [0, 0.1) is 6.92 Å². The molecule has 0 aliphatic heterocycles. The molecule has 1 heterocycles. The molecule has 2 nitrogen and oxygen atoms in total. The smallest absolute Gasteiger partial charge is 0.151 e. The minimum atomic E-state index is -0.205. The van der Waals surface area contributed by atoms with Gasteiger partial charge in [0.05, 0.1) is 6.04 Å². The van der Waals surface area contributed by atoms with Gasteiger partial charge < -0.3 is 5.32 Å². The van der Waals surface area contributed by atoms with E-state index in [-0.39, 0.29) is 11.8 Å². The Morgan fingerprint density at radius 3 is 2.33 bits per heavy atom. The van der Waals surface area contributed by atoms with Crippen LogP contribution in [0.15, 0.2) is 35.7 Å². The fraction of sp³-hybridized carbons (Fsp3) is 0.267. The Morgan fingerprint density at radius 1 is 1.22 bits per heavy atom. The zero-order valence-electron chi connectivity index (χ0n) is 10.9. The molecule has 0 radical (unpaired) electrons. The van der Waals surface area contributed by atoms with Crippen molar-refractivity contribution in [3.05, 3.63) is 46.8 Å². The molecular formula is C15H17NOS. The first-order valence-electron chi connectivity index (χ1n) is 5.95. The summed E-state index contributed by atoms with van der Waals surface area (Å²) in [5, 5.41) is 5.14. The summed E-state index contributed by atoms with van der Waals surface area (Å²) in [6.45, 7) is 3.73. The number of Topliss-reactive ketones (excluding diaryl/α,β-unsaturated/α-hetero) is 1. The van der Waals surface area contributed by atoms with Crippen LogP contribution in [0.2, 0.25) is 0 Å². The quantitative estimate of drug-likeness (QED) is 0.909. The van der Waals surface area contributed by atoms with E-state index in [0.717, 1.165) is 5.56 Å². The predicted octanol–water partition coefficient (Wildman–Crippen LogP) is 3.57. The summed E-state index contributed by atoms with van der Waals surface area (Å²) in [6, 6.07) is 10.1. The van der Waals surface area contributed by atoms with Gasteiger partial charge in [0.15, 0.2) is 5.78 Å². The van der Waals surface area contributed by atoms with E-state index in [2.05, 4.69) is 35.8 Å². The number of carbonyl (C=O) groups is 1. The minimum absolute atomic E-state index is 0.137. The van der Waals surface area contributed by atoms with Crippen LogP contribution in [0.5, 0.6) is 0 Å². The van der Waals surface area contributed by atoms with Crippen LogP contribution in [0.25, 0.3) is 10.4 Å². The van der Waals surface area contributed by atoms with Gasteiger partial charge in [-0.25, -0.2) is 0 Å². The van der Waals surface area contributed by atoms with E-state index in [0.29, 0.717) is 0 Å². The number of likely N-dealkylation sites (N-methyl/N-ethyl adjacent to an activating group) is 1. The summed E-state index contributed by atoms with van der Waals surface area (Å²) in [5.41, 5.74) is 3.53. The third-order valence-electron chi connectivity index (χ3n) is 3.06. The number of nitrogens with one attached hydrogen (secondary N) is 1. The minimum Gasteiger partial charge on any atom is -0.307 e. The standard InChI is InChI=1S/C15H17NOS/c1-10-8-9-18-15(10)13-6-4-12(5-7-13)14(16-3)11(2)17/h4-9,14,16H,1-3H3/t14-/m0/s1. The van der Waals surface area contributed by atoms with Gasteiger partial charge in [-0.05, 0) is 49.0 Å². The number of benzene rings is 1. The van der Waals surface area contributed by atoms with Crippen LogP contribution in [0.1, 0.15) is 24.1 Å². The number of rotatable bonds is 4. The molecule has 0 unspecified atom stereocenters. The van der Waals surface area contributed by atoms with E-state index in [1.807, 2.05) is 19.2 Å². The van der Waals surface area contributed by atoms with Crippen LogP contribution in [-0.4, -0.2) is 12.8 Å². The molecule has 0 amide bonds. The number of aryl methyl sites for hydroxylation is 1. The van der Waals surface area contributed by atoms with E-state index in [4.69, 9.17) is 0 Å². The van der Waals surface area contributed by atoms with Crippen LogP contribution >= 0.6 is 11.3 Å². The molecule has 0 saturated carbocycles. The first-order chi connectivity index (χ1) is 8.63. The Labute approximate surface area is 112 Å². The van der Waals surface area contributed by atoms with Gasteiger partial charge in [0.2, 0.25) is 0 Å². The SMILES string of the molecule is CN[C@@H](C(C)=O)c1ccc(-c2sccc2C)cc1. The van der Waals surface area contributed by atoms with E-state index < -0.39 is 0 Å². The van der Waals surface area contributed by atoms with Crippen LogP contribution in [0.3, 0.4) is 0 Å². The average Bonchev–Trinajstić information content (AvgIpc) is 2.77. The van der Waals surface area contributed by atoms with E-state index in [1.54, 1.807) is 18.3 Å².